The van der Waals surface area contributed by atoms with Gasteiger partial charge in [-0.25, -0.2) is 0 Å². The Hall–Kier alpha value is -0.980. The maximum absolute atomic E-state index is 3.40. The molecule has 0 aliphatic carbocycles. The van der Waals surface area contributed by atoms with Crippen LogP contribution in [0.3, 0.4) is 0 Å². The standard InChI is InChI=1S/C9H11N.C5H12/c1-7-6-8-4-2-3-5-9(8)10-7;1-4-5(2)3/h2-5,7,10H,6H2,1H3;5H,4H2,1-3H3. The molecule has 0 bridgehead atoms. The Morgan fingerprint density at radius 1 is 1.33 bits per heavy atom. The van der Waals surface area contributed by atoms with Gasteiger partial charge in [0.05, 0.1) is 0 Å². The van der Waals surface area contributed by atoms with Crippen LogP contribution < -0.4 is 5.32 Å². The van der Waals surface area contributed by atoms with Crippen molar-refractivity contribution in [3.05, 3.63) is 29.8 Å². The molecule has 84 valence electrons. The minimum absolute atomic E-state index is 0.623. The van der Waals surface area contributed by atoms with E-state index in [1.807, 2.05) is 0 Å². The van der Waals surface area contributed by atoms with Gasteiger partial charge in [0.1, 0.15) is 0 Å². The Balaban J connectivity index is 0.000000195. The third-order valence-corrected chi connectivity index (χ3v) is 2.76. The van der Waals surface area contributed by atoms with Gasteiger partial charge in [0, 0.05) is 11.7 Å². The molecule has 0 saturated carbocycles. The average Bonchev–Trinajstić information content (AvgIpc) is 2.58. The van der Waals surface area contributed by atoms with Gasteiger partial charge in [-0.3, -0.25) is 0 Å². The number of rotatable bonds is 1. The zero-order valence-electron chi connectivity index (χ0n) is 10.4. The zero-order chi connectivity index (χ0) is 11.3. The first-order chi connectivity index (χ1) is 7.13. The van der Waals surface area contributed by atoms with Gasteiger partial charge < -0.3 is 5.32 Å². The van der Waals surface area contributed by atoms with Gasteiger partial charge >= 0.3 is 0 Å². The molecular formula is C14H23N. The minimum Gasteiger partial charge on any atom is -0.382 e. The summed E-state index contributed by atoms with van der Waals surface area (Å²) in [6, 6.07) is 9.12. The van der Waals surface area contributed by atoms with E-state index in [4.69, 9.17) is 0 Å². The molecule has 0 aromatic heterocycles. The summed E-state index contributed by atoms with van der Waals surface area (Å²) in [4.78, 5) is 0. The molecule has 0 amide bonds. The summed E-state index contributed by atoms with van der Waals surface area (Å²) in [5.41, 5.74) is 2.77. The molecule has 0 radical (unpaired) electrons. The van der Waals surface area contributed by atoms with Crippen molar-refractivity contribution in [2.24, 2.45) is 5.92 Å². The third kappa shape index (κ3) is 3.94. The molecule has 1 aromatic rings. The van der Waals surface area contributed by atoms with Crippen molar-refractivity contribution >= 4 is 5.69 Å². The first-order valence-electron chi connectivity index (χ1n) is 5.98. The van der Waals surface area contributed by atoms with Crippen molar-refractivity contribution in [3.63, 3.8) is 0 Å². The summed E-state index contributed by atoms with van der Waals surface area (Å²) in [7, 11) is 0. The monoisotopic (exact) mass is 205 g/mol. The van der Waals surface area contributed by atoms with Crippen LogP contribution in [0, 0.1) is 5.92 Å². The number of hydrogen-bond donors (Lipinski definition) is 1. The van der Waals surface area contributed by atoms with Crippen molar-refractivity contribution in [1.82, 2.24) is 0 Å². The van der Waals surface area contributed by atoms with Gasteiger partial charge in [-0.15, -0.1) is 0 Å². The highest BCUT2D eigenvalue weighted by Crippen LogP contribution is 2.24. The molecule has 2 rings (SSSR count). The van der Waals surface area contributed by atoms with Crippen LogP contribution in [0.15, 0.2) is 24.3 Å². The number of fused-ring (bicyclic) bond motifs is 1. The Morgan fingerprint density at radius 2 is 1.93 bits per heavy atom. The fourth-order valence-electron chi connectivity index (χ4n) is 1.49. The molecule has 1 unspecified atom stereocenters. The Morgan fingerprint density at radius 3 is 2.47 bits per heavy atom. The highest BCUT2D eigenvalue weighted by Gasteiger charge is 2.14. The van der Waals surface area contributed by atoms with Gasteiger partial charge in [0.2, 0.25) is 0 Å². The molecular weight excluding hydrogens is 182 g/mol. The van der Waals surface area contributed by atoms with E-state index in [2.05, 4.69) is 57.3 Å². The van der Waals surface area contributed by atoms with Crippen LogP contribution in [0.25, 0.3) is 0 Å². The molecule has 1 nitrogen and oxygen atoms in total. The van der Waals surface area contributed by atoms with Crippen LogP contribution in [0.5, 0.6) is 0 Å². The number of hydrogen-bond acceptors (Lipinski definition) is 1. The lowest BCUT2D eigenvalue weighted by molar-refractivity contribution is 0.626. The first-order valence-corrected chi connectivity index (χ1v) is 5.98. The molecule has 1 heterocycles. The molecule has 1 aliphatic heterocycles. The molecule has 0 spiro atoms. The van der Waals surface area contributed by atoms with Crippen molar-refractivity contribution in [2.45, 2.75) is 46.6 Å². The van der Waals surface area contributed by atoms with Crippen LogP contribution in [0.1, 0.15) is 39.7 Å². The topological polar surface area (TPSA) is 12.0 Å². The van der Waals surface area contributed by atoms with Crippen molar-refractivity contribution in [1.29, 1.82) is 0 Å². The van der Waals surface area contributed by atoms with Gasteiger partial charge in [-0.05, 0) is 30.9 Å². The van der Waals surface area contributed by atoms with E-state index in [0.717, 1.165) is 5.92 Å². The summed E-state index contributed by atoms with van der Waals surface area (Å²) in [5.74, 6) is 0.884. The van der Waals surface area contributed by atoms with E-state index in [-0.39, 0.29) is 0 Å². The normalized spacial score (nSPS) is 17.8. The van der Waals surface area contributed by atoms with Crippen molar-refractivity contribution in [3.8, 4) is 0 Å². The largest absolute Gasteiger partial charge is 0.382 e. The minimum atomic E-state index is 0.623. The lowest BCUT2D eigenvalue weighted by Crippen LogP contribution is -2.08. The summed E-state index contributed by atoms with van der Waals surface area (Å²) in [6.07, 6.45) is 2.48. The fraction of sp³-hybridized carbons (Fsp3) is 0.571. The Bertz CT molecular complexity index is 266. The molecule has 1 heteroatoms. The Labute approximate surface area is 93.9 Å². The Kier molecular flexibility index (Phi) is 4.67. The maximum atomic E-state index is 3.40. The number of benzene rings is 1. The van der Waals surface area contributed by atoms with E-state index in [1.54, 1.807) is 0 Å². The second kappa shape index (κ2) is 5.79. The van der Waals surface area contributed by atoms with Crippen LogP contribution >= 0.6 is 0 Å². The number of anilines is 1. The predicted octanol–water partition coefficient (Wildman–Crippen LogP) is 4.10. The van der Waals surface area contributed by atoms with E-state index < -0.39 is 0 Å². The smallest absolute Gasteiger partial charge is 0.0375 e. The molecule has 1 atom stereocenters. The summed E-state index contributed by atoms with van der Waals surface area (Å²) >= 11 is 0. The average molecular weight is 205 g/mol. The summed E-state index contributed by atoms with van der Waals surface area (Å²) < 4.78 is 0. The highest BCUT2D eigenvalue weighted by molar-refractivity contribution is 5.56. The van der Waals surface area contributed by atoms with Crippen LogP contribution in [0.4, 0.5) is 5.69 Å². The fourth-order valence-corrected chi connectivity index (χ4v) is 1.49. The van der Waals surface area contributed by atoms with E-state index in [9.17, 15) is 0 Å². The lowest BCUT2D eigenvalue weighted by atomic mass is 10.1. The highest BCUT2D eigenvalue weighted by atomic mass is 14.9. The van der Waals surface area contributed by atoms with Crippen molar-refractivity contribution < 1.29 is 0 Å². The van der Waals surface area contributed by atoms with Gasteiger partial charge in [-0.1, -0.05) is 45.4 Å². The molecule has 15 heavy (non-hydrogen) atoms. The van der Waals surface area contributed by atoms with Gasteiger partial charge in [0.15, 0.2) is 0 Å². The second-order valence-electron chi connectivity index (χ2n) is 4.71. The van der Waals surface area contributed by atoms with Gasteiger partial charge in [0.25, 0.3) is 0 Å². The molecule has 0 saturated heterocycles. The molecule has 1 N–H and O–H groups in total. The van der Waals surface area contributed by atoms with E-state index in [1.165, 1.54) is 24.1 Å². The SMILES string of the molecule is CC1Cc2ccccc2N1.CCC(C)C. The van der Waals surface area contributed by atoms with Crippen LogP contribution in [-0.4, -0.2) is 6.04 Å². The van der Waals surface area contributed by atoms with Crippen molar-refractivity contribution in [2.75, 3.05) is 5.32 Å². The first kappa shape index (κ1) is 12.1. The lowest BCUT2D eigenvalue weighted by Gasteiger charge is -2.00. The molecule has 1 aromatic carbocycles. The number of nitrogens with one attached hydrogen (secondary N) is 1. The maximum Gasteiger partial charge on any atom is 0.0375 e. The summed E-state index contributed by atoms with van der Waals surface area (Å²) in [5, 5.41) is 3.40. The van der Waals surface area contributed by atoms with Crippen LogP contribution in [-0.2, 0) is 6.42 Å². The molecule has 0 fully saturated rings. The van der Waals surface area contributed by atoms with E-state index in [0.29, 0.717) is 6.04 Å². The van der Waals surface area contributed by atoms with E-state index >= 15 is 0 Å². The van der Waals surface area contributed by atoms with Crippen LogP contribution in [0.2, 0.25) is 0 Å². The zero-order valence-corrected chi connectivity index (χ0v) is 10.4. The quantitative estimate of drug-likeness (QED) is 0.728. The second-order valence-corrected chi connectivity index (χ2v) is 4.71. The predicted molar refractivity (Wildman–Crippen MR) is 68.4 cm³/mol. The third-order valence-electron chi connectivity index (χ3n) is 2.76. The number of para-hydroxylation sites is 1. The summed E-state index contributed by atoms with van der Waals surface area (Å²) in [6.45, 7) is 8.85. The van der Waals surface area contributed by atoms with Gasteiger partial charge in [-0.2, -0.15) is 0 Å². The molecule has 1 aliphatic rings.